The molecule has 1 heterocycles. The minimum atomic E-state index is -0.536. The van der Waals surface area contributed by atoms with E-state index in [-0.39, 0.29) is 24.8 Å². The lowest BCUT2D eigenvalue weighted by molar-refractivity contribution is 0.329. The first kappa shape index (κ1) is 27.8. The van der Waals surface area contributed by atoms with E-state index in [2.05, 4.69) is 81.4 Å². The normalized spacial score (nSPS) is 13.0. The summed E-state index contributed by atoms with van der Waals surface area (Å²) >= 11 is 8.64. The molecule has 0 spiro atoms. The van der Waals surface area contributed by atoms with Crippen LogP contribution in [-0.2, 0) is 10.1 Å². The zero-order valence-corrected chi connectivity index (χ0v) is 22.9. The van der Waals surface area contributed by atoms with E-state index in [1.165, 1.54) is 16.7 Å². The molecule has 7 heteroatoms. The molecule has 3 nitrogen and oxygen atoms in total. The SMILES string of the molecule is CC(C)(N)C(I)(NCc1ccc(-c2ccccc2)cc1)c1ccnc2cc(Cl)ccc12.Cl.Cl. The predicted molar refractivity (Wildman–Crippen MR) is 154 cm³/mol. The number of nitrogens with zero attached hydrogens (tertiary/aromatic N) is 1. The quantitative estimate of drug-likeness (QED) is 0.134. The van der Waals surface area contributed by atoms with E-state index in [0.717, 1.165) is 16.5 Å². The highest BCUT2D eigenvalue weighted by Gasteiger charge is 2.42. The van der Waals surface area contributed by atoms with E-state index in [0.29, 0.717) is 11.6 Å². The third-order valence-corrected chi connectivity index (χ3v) is 8.15. The van der Waals surface area contributed by atoms with Crippen molar-refractivity contribution in [3.8, 4) is 11.1 Å². The highest BCUT2D eigenvalue weighted by atomic mass is 127. The second kappa shape index (κ2) is 11.3. The number of hydrogen-bond acceptors (Lipinski definition) is 3. The largest absolute Gasteiger partial charge is 0.323 e. The molecule has 3 N–H and O–H groups in total. The molecule has 0 saturated heterocycles. The molecule has 0 aliphatic rings. The van der Waals surface area contributed by atoms with Crippen LogP contribution in [0.25, 0.3) is 22.0 Å². The molecule has 0 amide bonds. The van der Waals surface area contributed by atoms with Gasteiger partial charge in [0, 0.05) is 28.7 Å². The smallest absolute Gasteiger partial charge is 0.115 e. The molecule has 0 fully saturated rings. The van der Waals surface area contributed by atoms with Crippen LogP contribution in [0.15, 0.2) is 85.1 Å². The van der Waals surface area contributed by atoms with Crippen LogP contribution in [0.1, 0.15) is 25.0 Å². The highest BCUT2D eigenvalue weighted by Crippen LogP contribution is 2.41. The zero-order chi connectivity index (χ0) is 22.1. The summed E-state index contributed by atoms with van der Waals surface area (Å²) in [5.41, 5.74) is 11.8. The minimum absolute atomic E-state index is 0. The topological polar surface area (TPSA) is 50.9 Å². The number of fused-ring (bicyclic) bond motifs is 1. The molecular weight excluding hydrogens is 588 g/mol. The average Bonchev–Trinajstić information content (AvgIpc) is 2.77. The predicted octanol–water partition coefficient (Wildman–Crippen LogP) is 7.51. The standard InChI is InChI=1S/C26H25ClIN3.2ClH/c1-25(2,29)26(28,23-14-15-30-24-16-21(27)12-13-22(23)24)31-17-18-8-10-20(11-9-18)19-6-4-3-5-7-19;;/h3-16,31H,17,29H2,1-2H3;2*1H. The summed E-state index contributed by atoms with van der Waals surface area (Å²) in [4.78, 5) is 4.50. The van der Waals surface area contributed by atoms with Crippen LogP contribution in [0.3, 0.4) is 0 Å². The number of hydrogen-bond donors (Lipinski definition) is 2. The Hall–Kier alpha value is -1.41. The van der Waals surface area contributed by atoms with Gasteiger partial charge in [0.05, 0.1) is 5.52 Å². The Balaban J connectivity index is 0.00000193. The molecule has 1 unspecified atom stereocenters. The number of nitrogens with two attached hydrogens (primary N) is 1. The summed E-state index contributed by atoms with van der Waals surface area (Å²) < 4.78 is -0.516. The Morgan fingerprint density at radius 2 is 1.55 bits per heavy atom. The van der Waals surface area contributed by atoms with Gasteiger partial charge >= 0.3 is 0 Å². The summed E-state index contributed by atoms with van der Waals surface area (Å²) in [6, 6.07) is 26.9. The Bertz CT molecular complexity index is 1200. The number of alkyl halides is 1. The molecule has 4 aromatic rings. The third kappa shape index (κ3) is 5.99. The average molecular weight is 615 g/mol. The lowest BCUT2D eigenvalue weighted by atomic mass is 9.87. The van der Waals surface area contributed by atoms with E-state index in [1.807, 2.05) is 50.4 Å². The summed E-state index contributed by atoms with van der Waals surface area (Å²) in [5, 5.41) is 5.46. The van der Waals surface area contributed by atoms with Gasteiger partial charge in [0.2, 0.25) is 0 Å². The van der Waals surface area contributed by atoms with Gasteiger partial charge < -0.3 is 5.73 Å². The lowest BCUT2D eigenvalue weighted by Gasteiger charge is -2.42. The molecule has 3 aromatic carbocycles. The summed E-state index contributed by atoms with van der Waals surface area (Å²) in [5.74, 6) is 0. The number of rotatable bonds is 6. The van der Waals surface area contributed by atoms with Crippen molar-refractivity contribution in [1.29, 1.82) is 0 Å². The van der Waals surface area contributed by atoms with E-state index < -0.39 is 9.08 Å². The zero-order valence-electron chi connectivity index (χ0n) is 18.4. The van der Waals surface area contributed by atoms with E-state index in [9.17, 15) is 0 Å². The van der Waals surface area contributed by atoms with Gasteiger partial charge in [-0.2, -0.15) is 0 Å². The number of pyridine rings is 1. The van der Waals surface area contributed by atoms with Gasteiger partial charge in [-0.25, -0.2) is 0 Å². The first-order chi connectivity index (χ1) is 14.8. The van der Waals surface area contributed by atoms with Crippen molar-refractivity contribution in [3.63, 3.8) is 0 Å². The maximum absolute atomic E-state index is 6.71. The van der Waals surface area contributed by atoms with Gasteiger partial charge in [0.1, 0.15) is 3.55 Å². The van der Waals surface area contributed by atoms with Gasteiger partial charge in [-0.15, -0.1) is 24.8 Å². The van der Waals surface area contributed by atoms with Crippen molar-refractivity contribution >= 4 is 69.9 Å². The van der Waals surface area contributed by atoms with E-state index in [4.69, 9.17) is 17.3 Å². The van der Waals surface area contributed by atoms with Crippen LogP contribution in [-0.4, -0.2) is 10.5 Å². The minimum Gasteiger partial charge on any atom is -0.323 e. The van der Waals surface area contributed by atoms with Crippen LogP contribution in [0.2, 0.25) is 5.02 Å². The number of nitrogens with one attached hydrogen (secondary N) is 1. The number of halogens is 4. The van der Waals surface area contributed by atoms with E-state index >= 15 is 0 Å². The maximum Gasteiger partial charge on any atom is 0.115 e. The van der Waals surface area contributed by atoms with Gasteiger partial charge in [-0.1, -0.05) is 94.9 Å². The molecule has 174 valence electrons. The molecule has 0 aliphatic heterocycles. The molecule has 0 saturated carbocycles. The van der Waals surface area contributed by atoms with Crippen LogP contribution >= 0.6 is 59.0 Å². The number of aromatic nitrogens is 1. The molecule has 0 radical (unpaired) electrons. The first-order valence-electron chi connectivity index (χ1n) is 10.2. The van der Waals surface area contributed by atoms with Gasteiger partial charge in [0.15, 0.2) is 0 Å². The first-order valence-corrected chi connectivity index (χ1v) is 11.7. The monoisotopic (exact) mass is 613 g/mol. The van der Waals surface area contributed by atoms with Crippen LogP contribution in [0, 0.1) is 0 Å². The maximum atomic E-state index is 6.71. The van der Waals surface area contributed by atoms with Crippen LogP contribution < -0.4 is 11.1 Å². The van der Waals surface area contributed by atoms with Crippen molar-refractivity contribution in [2.75, 3.05) is 0 Å². The highest BCUT2D eigenvalue weighted by molar-refractivity contribution is 14.1. The lowest BCUT2D eigenvalue weighted by Crippen LogP contribution is -2.58. The van der Waals surface area contributed by atoms with Crippen molar-refractivity contribution < 1.29 is 0 Å². The van der Waals surface area contributed by atoms with Crippen molar-refractivity contribution in [3.05, 3.63) is 101 Å². The Kier molecular flexibility index (Phi) is 9.57. The molecule has 0 aliphatic carbocycles. The van der Waals surface area contributed by atoms with Gasteiger partial charge in [-0.05, 0) is 54.3 Å². The summed E-state index contributed by atoms with van der Waals surface area (Å²) in [6.07, 6.45) is 1.82. The molecule has 4 rings (SSSR count). The fourth-order valence-corrected chi connectivity index (χ4v) is 4.59. The Morgan fingerprint density at radius 1 is 0.909 bits per heavy atom. The van der Waals surface area contributed by atoms with Crippen LogP contribution in [0.4, 0.5) is 0 Å². The third-order valence-electron chi connectivity index (χ3n) is 5.56. The Morgan fingerprint density at radius 3 is 2.18 bits per heavy atom. The summed E-state index contributed by atoms with van der Waals surface area (Å²) in [7, 11) is 0. The fourth-order valence-electron chi connectivity index (χ4n) is 3.76. The molecule has 33 heavy (non-hydrogen) atoms. The molecular formula is C26H27Cl3IN3. The van der Waals surface area contributed by atoms with Gasteiger partial charge in [-0.3, -0.25) is 10.3 Å². The van der Waals surface area contributed by atoms with Crippen LogP contribution in [0.5, 0.6) is 0 Å². The molecule has 1 aromatic heterocycles. The van der Waals surface area contributed by atoms with Crippen molar-refractivity contribution in [2.45, 2.75) is 29.5 Å². The van der Waals surface area contributed by atoms with Crippen molar-refractivity contribution in [2.24, 2.45) is 5.73 Å². The fraction of sp³-hybridized carbons (Fsp3) is 0.192. The molecule has 0 bridgehead atoms. The summed E-state index contributed by atoms with van der Waals surface area (Å²) in [6.45, 7) is 4.79. The van der Waals surface area contributed by atoms with Crippen molar-refractivity contribution in [1.82, 2.24) is 10.3 Å². The van der Waals surface area contributed by atoms with E-state index in [1.54, 1.807) is 0 Å². The van der Waals surface area contributed by atoms with Gasteiger partial charge in [0.25, 0.3) is 0 Å². The molecule has 1 atom stereocenters. The second-order valence-corrected chi connectivity index (χ2v) is 10.4. The number of benzene rings is 3. The second-order valence-electron chi connectivity index (χ2n) is 8.32. The Labute approximate surface area is 226 Å².